The van der Waals surface area contributed by atoms with Gasteiger partial charge in [-0.15, -0.1) is 0 Å². The van der Waals surface area contributed by atoms with E-state index in [4.69, 9.17) is 10.5 Å². The lowest BCUT2D eigenvalue weighted by atomic mass is 10.1. The number of ether oxygens (including phenoxy) is 1. The first-order valence-electron chi connectivity index (χ1n) is 12.4. The highest BCUT2D eigenvalue weighted by Gasteiger charge is 2.23. The van der Waals surface area contributed by atoms with Crippen molar-refractivity contribution < 1.29 is 18.3 Å². The van der Waals surface area contributed by atoms with E-state index >= 15 is 0 Å². The number of H-pyrrole nitrogens is 1. The minimum Gasteiger partial charge on any atom is -0.497 e. The van der Waals surface area contributed by atoms with Gasteiger partial charge in [0, 0.05) is 29.9 Å². The molecule has 0 saturated heterocycles. The molecule has 0 bridgehead atoms. The molecular weight excluding hydrogens is 514 g/mol. The third-order valence-corrected chi connectivity index (χ3v) is 6.76. The van der Waals surface area contributed by atoms with Crippen LogP contribution in [0.15, 0.2) is 79.1 Å². The minimum atomic E-state index is -0.725. The number of hydrogen-bond donors (Lipinski definition) is 2. The van der Waals surface area contributed by atoms with Crippen molar-refractivity contribution in [1.82, 2.24) is 24.3 Å². The number of nitrogens with zero attached hydrogens (tertiary/aromatic N) is 4. The van der Waals surface area contributed by atoms with Gasteiger partial charge in [-0.1, -0.05) is 12.1 Å². The first-order chi connectivity index (χ1) is 19.3. The van der Waals surface area contributed by atoms with Crippen LogP contribution in [0.4, 0.5) is 14.6 Å². The molecule has 6 rings (SSSR count). The molecule has 3 aromatic heterocycles. The zero-order chi connectivity index (χ0) is 28.0. The first-order valence-corrected chi connectivity index (χ1v) is 12.4. The summed E-state index contributed by atoms with van der Waals surface area (Å²) in [5, 5.41) is 4.38. The number of aryl methyl sites for hydroxylation is 1. The lowest BCUT2D eigenvalue weighted by Gasteiger charge is -2.10. The molecule has 8 nitrogen and oxygen atoms in total. The van der Waals surface area contributed by atoms with E-state index < -0.39 is 11.6 Å². The Morgan fingerprint density at radius 1 is 1.05 bits per heavy atom. The molecule has 0 amide bonds. The number of nitrogen functional groups attached to an aromatic ring is 1. The van der Waals surface area contributed by atoms with E-state index in [0.29, 0.717) is 23.5 Å². The Bertz CT molecular complexity index is 1880. The van der Waals surface area contributed by atoms with E-state index in [0.717, 1.165) is 28.5 Å². The normalized spacial score (nSPS) is 11.3. The van der Waals surface area contributed by atoms with Gasteiger partial charge in [0.1, 0.15) is 29.0 Å². The summed E-state index contributed by atoms with van der Waals surface area (Å²) in [6.45, 7) is 2.18. The molecule has 0 saturated carbocycles. The van der Waals surface area contributed by atoms with Crippen LogP contribution in [-0.4, -0.2) is 37.2 Å². The highest BCUT2D eigenvalue weighted by atomic mass is 19.1. The van der Waals surface area contributed by atoms with Crippen LogP contribution < -0.4 is 10.5 Å². The lowest BCUT2D eigenvalue weighted by molar-refractivity contribution is 0.103. The standard InChI is InChI=1S/C30H24F2N6O2/c1-17-35-26-10-6-21(13-27(26)36-17)38-30(33)24(14-34-38)29(39)28-11-19(23-9-5-20(31)12-25(23)32)16-37(28)15-18-3-7-22(40-2)8-4-18/h3-14,16H,15,33H2,1-2H3,(H,35,36). The smallest absolute Gasteiger partial charge is 0.214 e. The zero-order valence-corrected chi connectivity index (χ0v) is 21.7. The zero-order valence-electron chi connectivity index (χ0n) is 21.7. The predicted molar refractivity (Wildman–Crippen MR) is 148 cm³/mol. The number of rotatable bonds is 7. The van der Waals surface area contributed by atoms with Gasteiger partial charge in [0.2, 0.25) is 5.78 Å². The highest BCUT2D eigenvalue weighted by Crippen LogP contribution is 2.29. The van der Waals surface area contributed by atoms with Gasteiger partial charge in [0.25, 0.3) is 0 Å². The number of hydrogen-bond acceptors (Lipinski definition) is 5. The molecule has 40 heavy (non-hydrogen) atoms. The molecule has 3 aromatic carbocycles. The number of nitrogens with one attached hydrogen (secondary N) is 1. The number of anilines is 1. The van der Waals surface area contributed by atoms with Crippen molar-refractivity contribution in [3.8, 4) is 22.6 Å². The molecule has 3 N–H and O–H groups in total. The maximum absolute atomic E-state index is 14.7. The van der Waals surface area contributed by atoms with Crippen LogP contribution in [-0.2, 0) is 6.54 Å². The van der Waals surface area contributed by atoms with Crippen LogP contribution in [0.5, 0.6) is 5.75 Å². The van der Waals surface area contributed by atoms with Crippen LogP contribution in [0.25, 0.3) is 27.8 Å². The number of nitrogens with two attached hydrogens (primary N) is 1. The molecule has 0 aliphatic heterocycles. The Kier molecular flexibility index (Phi) is 6.14. The predicted octanol–water partition coefficient (Wildman–Crippen LogP) is 5.67. The van der Waals surface area contributed by atoms with Gasteiger partial charge in [-0.05, 0) is 61.0 Å². The van der Waals surface area contributed by atoms with Gasteiger partial charge in [-0.25, -0.2) is 18.4 Å². The molecule has 0 aliphatic rings. The quantitative estimate of drug-likeness (QED) is 0.255. The number of carbonyl (C=O) groups is 1. The second kappa shape index (κ2) is 9.81. The summed E-state index contributed by atoms with van der Waals surface area (Å²) in [5.74, 6) is -0.152. The summed E-state index contributed by atoms with van der Waals surface area (Å²) in [6, 6.07) is 17.9. The van der Waals surface area contributed by atoms with Gasteiger partial charge in [0.05, 0.1) is 41.3 Å². The molecule has 3 heterocycles. The minimum absolute atomic E-state index is 0.160. The van der Waals surface area contributed by atoms with E-state index in [9.17, 15) is 13.6 Å². The van der Waals surface area contributed by atoms with Gasteiger partial charge < -0.3 is 20.0 Å². The summed E-state index contributed by atoms with van der Waals surface area (Å²) in [6.07, 6.45) is 3.09. The topological polar surface area (TPSA) is 104 Å². The molecule has 0 unspecified atom stereocenters. The number of aromatic nitrogens is 5. The largest absolute Gasteiger partial charge is 0.497 e. The molecule has 0 fully saturated rings. The van der Waals surface area contributed by atoms with Crippen molar-refractivity contribution in [2.24, 2.45) is 0 Å². The van der Waals surface area contributed by atoms with Crippen molar-refractivity contribution in [3.63, 3.8) is 0 Å². The monoisotopic (exact) mass is 538 g/mol. The summed E-state index contributed by atoms with van der Waals surface area (Å²) in [5.41, 5.74) is 10.7. The van der Waals surface area contributed by atoms with E-state index in [2.05, 4.69) is 15.1 Å². The Morgan fingerprint density at radius 3 is 2.60 bits per heavy atom. The molecule has 200 valence electrons. The summed E-state index contributed by atoms with van der Waals surface area (Å²) < 4.78 is 36.7. The maximum atomic E-state index is 14.7. The second-order valence-electron chi connectivity index (χ2n) is 9.42. The van der Waals surface area contributed by atoms with E-state index in [1.54, 1.807) is 23.9 Å². The van der Waals surface area contributed by atoms with Crippen molar-refractivity contribution in [2.75, 3.05) is 12.8 Å². The van der Waals surface area contributed by atoms with Gasteiger partial charge in [-0.2, -0.15) is 5.10 Å². The maximum Gasteiger partial charge on any atom is 0.214 e. The summed E-state index contributed by atoms with van der Waals surface area (Å²) in [7, 11) is 1.58. The van der Waals surface area contributed by atoms with Crippen molar-refractivity contribution >= 4 is 22.6 Å². The van der Waals surface area contributed by atoms with E-state index in [1.165, 1.54) is 23.0 Å². The first kappa shape index (κ1) is 25.1. The molecule has 10 heteroatoms. The van der Waals surface area contributed by atoms with Gasteiger partial charge >= 0.3 is 0 Å². The molecular formula is C30H24F2N6O2. The Hall–Kier alpha value is -5.25. The average molecular weight is 539 g/mol. The fraction of sp³-hybridized carbons (Fsp3) is 0.100. The van der Waals surface area contributed by atoms with Crippen LogP contribution >= 0.6 is 0 Å². The van der Waals surface area contributed by atoms with Crippen LogP contribution in [0, 0.1) is 18.6 Å². The fourth-order valence-electron chi connectivity index (χ4n) is 4.76. The van der Waals surface area contributed by atoms with Gasteiger partial charge in [-0.3, -0.25) is 4.79 Å². The number of carbonyl (C=O) groups excluding carboxylic acids is 1. The van der Waals surface area contributed by atoms with Crippen LogP contribution in [0.3, 0.4) is 0 Å². The molecule has 0 aliphatic carbocycles. The summed E-state index contributed by atoms with van der Waals surface area (Å²) in [4.78, 5) is 21.5. The number of ketones is 1. The Balaban J connectivity index is 1.41. The number of methoxy groups -OCH3 is 1. The van der Waals surface area contributed by atoms with E-state index in [1.807, 2.05) is 49.4 Å². The van der Waals surface area contributed by atoms with Crippen molar-refractivity contribution in [1.29, 1.82) is 0 Å². The van der Waals surface area contributed by atoms with Gasteiger partial charge in [0.15, 0.2) is 0 Å². The molecule has 6 aromatic rings. The Labute approximate surface area is 227 Å². The molecule has 0 spiro atoms. The number of halogens is 2. The lowest BCUT2D eigenvalue weighted by Crippen LogP contribution is -2.12. The molecule has 0 atom stereocenters. The third-order valence-electron chi connectivity index (χ3n) is 6.76. The SMILES string of the molecule is COc1ccc(Cn2cc(-c3ccc(F)cc3F)cc2C(=O)c2cnn(-c3ccc4nc(C)[nH]c4c3)c2N)cc1. The molecule has 0 radical (unpaired) electrons. The number of aromatic amines is 1. The van der Waals surface area contributed by atoms with Crippen molar-refractivity contribution in [2.45, 2.75) is 13.5 Å². The highest BCUT2D eigenvalue weighted by molar-refractivity contribution is 6.11. The average Bonchev–Trinajstić information content (AvgIpc) is 3.64. The fourth-order valence-corrected chi connectivity index (χ4v) is 4.76. The van der Waals surface area contributed by atoms with E-state index in [-0.39, 0.29) is 28.4 Å². The summed E-state index contributed by atoms with van der Waals surface area (Å²) >= 11 is 0. The number of imidazole rings is 1. The van der Waals surface area contributed by atoms with Crippen LogP contribution in [0.2, 0.25) is 0 Å². The number of benzene rings is 3. The third kappa shape index (κ3) is 4.49. The second-order valence-corrected chi connectivity index (χ2v) is 9.42. The Morgan fingerprint density at radius 2 is 1.85 bits per heavy atom. The van der Waals surface area contributed by atoms with Crippen molar-refractivity contribution in [3.05, 3.63) is 113 Å². The van der Waals surface area contributed by atoms with Crippen LogP contribution in [0.1, 0.15) is 27.4 Å². The number of fused-ring (bicyclic) bond motifs is 1.